The number of aryl methyl sites for hydroxylation is 1. The van der Waals surface area contributed by atoms with Crippen LogP contribution in [0.25, 0.3) is 0 Å². The van der Waals surface area contributed by atoms with Crippen LogP contribution < -0.4 is 10.6 Å². The van der Waals surface area contributed by atoms with E-state index in [0.717, 1.165) is 23.1 Å². The molecule has 0 saturated carbocycles. The lowest BCUT2D eigenvalue weighted by Crippen LogP contribution is -2.19. The van der Waals surface area contributed by atoms with Crippen LogP contribution >= 0.6 is 23.1 Å². The lowest BCUT2D eigenvalue weighted by Gasteiger charge is -2.14. The summed E-state index contributed by atoms with van der Waals surface area (Å²) in [6, 6.07) is 0. The highest BCUT2D eigenvalue weighted by molar-refractivity contribution is 7.98. The maximum Gasteiger partial charge on any atom is 0.185 e. The summed E-state index contributed by atoms with van der Waals surface area (Å²) < 4.78 is 0. The molecular weight excluding hydrogens is 214 g/mol. The summed E-state index contributed by atoms with van der Waals surface area (Å²) in [5.74, 6) is 1.13. The van der Waals surface area contributed by atoms with Gasteiger partial charge in [0.1, 0.15) is 0 Å². The molecule has 0 radical (unpaired) electrons. The molecule has 3 nitrogen and oxygen atoms in total. The Bertz CT molecular complexity index is 286. The third-order valence-electron chi connectivity index (χ3n) is 2.02. The van der Waals surface area contributed by atoms with Gasteiger partial charge in [0, 0.05) is 30.8 Å². The lowest BCUT2D eigenvalue weighted by molar-refractivity contribution is 0.958. The van der Waals surface area contributed by atoms with Crippen molar-refractivity contribution >= 4 is 28.2 Å². The van der Waals surface area contributed by atoms with E-state index in [-0.39, 0.29) is 0 Å². The van der Waals surface area contributed by atoms with E-state index in [1.165, 1.54) is 4.88 Å². The Morgan fingerprint density at radius 1 is 1.57 bits per heavy atom. The van der Waals surface area contributed by atoms with Gasteiger partial charge in [-0.3, -0.25) is 0 Å². The first-order valence-electron chi connectivity index (χ1n) is 4.55. The average molecular weight is 231 g/mol. The van der Waals surface area contributed by atoms with Crippen molar-refractivity contribution in [1.29, 1.82) is 0 Å². The van der Waals surface area contributed by atoms with Gasteiger partial charge in [-0.15, -0.1) is 11.3 Å². The monoisotopic (exact) mass is 231 g/mol. The predicted octanol–water partition coefficient (Wildman–Crippen LogP) is 1.71. The summed E-state index contributed by atoms with van der Waals surface area (Å²) >= 11 is 3.55. The minimum Gasteiger partial charge on any atom is -0.350 e. The second-order valence-corrected chi connectivity index (χ2v) is 5.17. The van der Waals surface area contributed by atoms with Crippen LogP contribution in [0.15, 0.2) is 0 Å². The summed E-state index contributed by atoms with van der Waals surface area (Å²) in [6.45, 7) is 3.66. The number of thioether (sulfide) groups is 1. The maximum absolute atomic E-state index is 5.61. The highest BCUT2D eigenvalue weighted by Gasteiger charge is 2.09. The first kappa shape index (κ1) is 11.8. The van der Waals surface area contributed by atoms with Crippen molar-refractivity contribution in [3.8, 4) is 0 Å². The summed E-state index contributed by atoms with van der Waals surface area (Å²) in [5, 5.41) is 1.08. The molecule has 0 spiro atoms. The molecule has 0 aliphatic rings. The number of aromatic nitrogens is 1. The molecule has 0 bridgehead atoms. The fourth-order valence-electron chi connectivity index (χ4n) is 1.09. The quantitative estimate of drug-likeness (QED) is 0.838. The smallest absolute Gasteiger partial charge is 0.185 e. The van der Waals surface area contributed by atoms with E-state index < -0.39 is 0 Å². The van der Waals surface area contributed by atoms with Crippen LogP contribution in [-0.2, 0) is 6.54 Å². The summed E-state index contributed by atoms with van der Waals surface area (Å²) in [5.41, 5.74) is 6.68. The first-order chi connectivity index (χ1) is 6.69. The van der Waals surface area contributed by atoms with Crippen molar-refractivity contribution < 1.29 is 0 Å². The van der Waals surface area contributed by atoms with Gasteiger partial charge in [0.2, 0.25) is 0 Å². The highest BCUT2D eigenvalue weighted by atomic mass is 32.2. The van der Waals surface area contributed by atoms with Crippen molar-refractivity contribution in [2.45, 2.75) is 13.5 Å². The second kappa shape index (κ2) is 5.58. The minimum atomic E-state index is 0.597. The molecule has 0 fully saturated rings. The van der Waals surface area contributed by atoms with E-state index in [1.807, 2.05) is 18.7 Å². The van der Waals surface area contributed by atoms with Crippen LogP contribution in [0.4, 0.5) is 5.13 Å². The van der Waals surface area contributed by atoms with Gasteiger partial charge in [0.25, 0.3) is 0 Å². The van der Waals surface area contributed by atoms with Gasteiger partial charge in [-0.05, 0) is 13.2 Å². The molecule has 80 valence electrons. The molecule has 0 amide bonds. The molecule has 1 rings (SSSR count). The van der Waals surface area contributed by atoms with Crippen LogP contribution in [-0.4, -0.2) is 30.6 Å². The van der Waals surface area contributed by atoms with Gasteiger partial charge in [-0.1, -0.05) is 0 Å². The van der Waals surface area contributed by atoms with Gasteiger partial charge in [-0.25, -0.2) is 4.98 Å². The average Bonchev–Trinajstić information content (AvgIpc) is 2.56. The molecule has 1 heterocycles. The van der Waals surface area contributed by atoms with Crippen LogP contribution in [0.1, 0.15) is 10.6 Å². The molecule has 0 aromatic carbocycles. The van der Waals surface area contributed by atoms with E-state index in [9.17, 15) is 0 Å². The molecule has 1 aromatic rings. The first-order valence-corrected chi connectivity index (χ1v) is 6.76. The summed E-state index contributed by atoms with van der Waals surface area (Å²) in [7, 11) is 2.08. The predicted molar refractivity (Wildman–Crippen MR) is 66.4 cm³/mol. The molecule has 2 N–H and O–H groups in total. The van der Waals surface area contributed by atoms with Crippen molar-refractivity contribution in [2.24, 2.45) is 5.73 Å². The Morgan fingerprint density at radius 3 is 2.79 bits per heavy atom. The molecule has 0 aliphatic heterocycles. The zero-order valence-corrected chi connectivity index (χ0v) is 10.5. The Labute approximate surface area is 93.7 Å². The Morgan fingerprint density at radius 2 is 2.29 bits per heavy atom. The zero-order valence-electron chi connectivity index (χ0n) is 8.91. The highest BCUT2D eigenvalue weighted by Crippen LogP contribution is 2.24. The van der Waals surface area contributed by atoms with Crippen molar-refractivity contribution in [3.05, 3.63) is 10.6 Å². The van der Waals surface area contributed by atoms with E-state index in [0.29, 0.717) is 6.54 Å². The fraction of sp³-hybridized carbons (Fsp3) is 0.667. The summed E-state index contributed by atoms with van der Waals surface area (Å²) in [6.07, 6.45) is 2.12. The van der Waals surface area contributed by atoms with Gasteiger partial charge >= 0.3 is 0 Å². The molecule has 1 aromatic heterocycles. The largest absolute Gasteiger partial charge is 0.350 e. The standard InChI is InChI=1S/C9H17N3S2/c1-7-8(6-10)14-9(11-7)12(2)4-5-13-3/h4-6,10H2,1-3H3. The number of thiazole rings is 1. The topological polar surface area (TPSA) is 42.2 Å². The van der Waals surface area contributed by atoms with Gasteiger partial charge in [0.05, 0.1) is 5.69 Å². The maximum atomic E-state index is 5.61. The third-order valence-corrected chi connectivity index (χ3v) is 3.91. The zero-order chi connectivity index (χ0) is 10.6. The van der Waals surface area contributed by atoms with Crippen molar-refractivity contribution in [2.75, 3.05) is 30.5 Å². The number of nitrogens with zero attached hydrogens (tertiary/aromatic N) is 2. The third kappa shape index (κ3) is 2.87. The van der Waals surface area contributed by atoms with Crippen LogP contribution in [0.2, 0.25) is 0 Å². The molecule has 14 heavy (non-hydrogen) atoms. The Hall–Kier alpha value is -0.260. The van der Waals surface area contributed by atoms with Gasteiger partial charge in [-0.2, -0.15) is 11.8 Å². The molecule has 0 atom stereocenters. The van der Waals surface area contributed by atoms with Crippen molar-refractivity contribution in [3.63, 3.8) is 0 Å². The molecular formula is C9H17N3S2. The van der Waals surface area contributed by atoms with E-state index in [2.05, 4.69) is 23.2 Å². The number of anilines is 1. The van der Waals surface area contributed by atoms with E-state index >= 15 is 0 Å². The molecule has 0 saturated heterocycles. The molecule has 5 heteroatoms. The number of rotatable bonds is 5. The van der Waals surface area contributed by atoms with Crippen molar-refractivity contribution in [1.82, 2.24) is 4.98 Å². The SMILES string of the molecule is CSCCN(C)c1nc(C)c(CN)s1. The minimum absolute atomic E-state index is 0.597. The Balaban J connectivity index is 2.65. The summed E-state index contributed by atoms with van der Waals surface area (Å²) in [4.78, 5) is 7.87. The van der Waals surface area contributed by atoms with Crippen LogP contribution in [0.5, 0.6) is 0 Å². The van der Waals surface area contributed by atoms with Crippen LogP contribution in [0.3, 0.4) is 0 Å². The number of hydrogen-bond donors (Lipinski definition) is 1. The lowest BCUT2D eigenvalue weighted by atomic mass is 10.4. The van der Waals surface area contributed by atoms with E-state index in [4.69, 9.17) is 5.73 Å². The Kier molecular flexibility index (Phi) is 4.71. The second-order valence-electron chi connectivity index (χ2n) is 3.12. The van der Waals surface area contributed by atoms with Gasteiger partial charge in [0.15, 0.2) is 5.13 Å². The van der Waals surface area contributed by atoms with E-state index in [1.54, 1.807) is 11.3 Å². The van der Waals surface area contributed by atoms with Gasteiger partial charge < -0.3 is 10.6 Å². The normalized spacial score (nSPS) is 10.6. The number of nitrogens with two attached hydrogens (primary N) is 1. The molecule has 0 aliphatic carbocycles. The number of hydrogen-bond acceptors (Lipinski definition) is 5. The molecule has 0 unspecified atom stereocenters. The van der Waals surface area contributed by atoms with Crippen LogP contribution in [0, 0.1) is 6.92 Å². The fourth-order valence-corrected chi connectivity index (χ4v) is 2.47.